The van der Waals surface area contributed by atoms with E-state index in [1.807, 2.05) is 25.7 Å². The number of likely N-dealkylation sites (tertiary alicyclic amines) is 1. The number of ether oxygens (including phenoxy) is 1. The molecule has 0 saturated carbocycles. The van der Waals surface area contributed by atoms with E-state index in [1.165, 1.54) is 5.56 Å². The molecule has 5 heteroatoms. The van der Waals surface area contributed by atoms with Gasteiger partial charge in [-0.05, 0) is 69.1 Å². The summed E-state index contributed by atoms with van der Waals surface area (Å²) in [7, 11) is 0. The lowest BCUT2D eigenvalue weighted by Gasteiger charge is -2.34. The number of rotatable bonds is 2. The van der Waals surface area contributed by atoms with Crippen LogP contribution in [-0.2, 0) is 9.53 Å². The lowest BCUT2D eigenvalue weighted by molar-refractivity contribution is -0.129. The summed E-state index contributed by atoms with van der Waals surface area (Å²) >= 11 is 0. The Morgan fingerprint density at radius 3 is 2.45 bits per heavy atom. The van der Waals surface area contributed by atoms with Crippen LogP contribution in [0.2, 0.25) is 0 Å². The van der Waals surface area contributed by atoms with Gasteiger partial charge in [-0.3, -0.25) is 9.69 Å². The normalized spacial score (nSPS) is 21.0. The number of benzene rings is 1. The molecule has 158 valence electrons. The number of hydrogen-bond donors (Lipinski definition) is 0. The van der Waals surface area contributed by atoms with Crippen molar-refractivity contribution in [1.29, 1.82) is 0 Å². The lowest BCUT2D eigenvalue weighted by atomic mass is 9.87. The van der Waals surface area contributed by atoms with Crippen LogP contribution in [-0.4, -0.2) is 47.0 Å². The molecule has 0 aliphatic carbocycles. The predicted molar refractivity (Wildman–Crippen MR) is 115 cm³/mol. The first kappa shape index (κ1) is 21.4. The van der Waals surface area contributed by atoms with Gasteiger partial charge in [-0.2, -0.15) is 0 Å². The van der Waals surface area contributed by atoms with Gasteiger partial charge < -0.3 is 9.64 Å². The number of allylic oxidation sites excluding steroid dienone is 1. The molecule has 1 saturated heterocycles. The molecule has 29 heavy (non-hydrogen) atoms. The number of carbonyl (C=O) groups excluding carboxylic acids is 2. The summed E-state index contributed by atoms with van der Waals surface area (Å²) in [6.45, 7) is 11.8. The number of carbonyl (C=O) groups is 2. The fraction of sp³-hybridized carbons (Fsp3) is 0.583. The molecule has 0 aromatic heterocycles. The van der Waals surface area contributed by atoms with E-state index >= 15 is 0 Å². The van der Waals surface area contributed by atoms with Gasteiger partial charge in [-0.25, -0.2) is 4.79 Å². The molecule has 0 radical (unpaired) electrons. The Hall–Kier alpha value is -2.30. The summed E-state index contributed by atoms with van der Waals surface area (Å²) in [4.78, 5) is 28.2. The van der Waals surface area contributed by atoms with Crippen molar-refractivity contribution < 1.29 is 14.3 Å². The molecule has 0 spiro atoms. The second kappa shape index (κ2) is 8.60. The second-order valence-electron chi connectivity index (χ2n) is 9.43. The van der Waals surface area contributed by atoms with Gasteiger partial charge in [0.1, 0.15) is 5.60 Å². The van der Waals surface area contributed by atoms with Gasteiger partial charge >= 0.3 is 6.09 Å². The zero-order valence-electron chi connectivity index (χ0n) is 18.4. The Bertz CT molecular complexity index is 786. The van der Waals surface area contributed by atoms with Crippen molar-refractivity contribution in [3.8, 4) is 0 Å². The summed E-state index contributed by atoms with van der Waals surface area (Å²) < 4.78 is 5.67. The van der Waals surface area contributed by atoms with Gasteiger partial charge in [0.15, 0.2) is 0 Å². The molecule has 1 fully saturated rings. The van der Waals surface area contributed by atoms with Gasteiger partial charge in [0.05, 0.1) is 5.70 Å². The van der Waals surface area contributed by atoms with Crippen molar-refractivity contribution in [2.24, 2.45) is 5.92 Å². The lowest BCUT2D eigenvalue weighted by Crippen LogP contribution is -2.39. The van der Waals surface area contributed by atoms with Crippen LogP contribution in [0.4, 0.5) is 4.79 Å². The van der Waals surface area contributed by atoms with Crippen LogP contribution >= 0.6 is 0 Å². The molecule has 1 aromatic carbocycles. The van der Waals surface area contributed by atoms with Crippen molar-refractivity contribution in [1.82, 2.24) is 9.80 Å². The minimum atomic E-state index is -0.518. The molecular weight excluding hydrogens is 364 g/mol. The Labute approximate surface area is 174 Å². The smallest absolute Gasteiger partial charge is 0.414 e. The van der Waals surface area contributed by atoms with Crippen molar-refractivity contribution in [3.63, 3.8) is 0 Å². The Morgan fingerprint density at radius 1 is 1.14 bits per heavy atom. The summed E-state index contributed by atoms with van der Waals surface area (Å²) in [5.41, 5.74) is 2.78. The highest BCUT2D eigenvalue weighted by molar-refractivity contribution is 5.83. The highest BCUT2D eigenvalue weighted by Gasteiger charge is 2.30. The molecule has 0 N–H and O–H groups in total. The van der Waals surface area contributed by atoms with E-state index in [2.05, 4.69) is 37.3 Å². The maximum absolute atomic E-state index is 12.9. The molecule has 5 nitrogen and oxygen atoms in total. The number of piperidine rings is 1. The summed E-state index contributed by atoms with van der Waals surface area (Å²) in [6, 6.07) is 8.54. The zero-order valence-corrected chi connectivity index (χ0v) is 18.4. The first-order valence-electron chi connectivity index (χ1n) is 10.7. The van der Waals surface area contributed by atoms with E-state index in [9.17, 15) is 9.59 Å². The summed E-state index contributed by atoms with van der Waals surface area (Å²) in [5.74, 6) is 1.01. The van der Waals surface area contributed by atoms with Crippen molar-refractivity contribution >= 4 is 17.7 Å². The Morgan fingerprint density at radius 2 is 1.83 bits per heavy atom. The van der Waals surface area contributed by atoms with Gasteiger partial charge in [-0.15, -0.1) is 0 Å². The number of amides is 2. The Balaban J connectivity index is 1.81. The van der Waals surface area contributed by atoms with Crippen LogP contribution < -0.4 is 0 Å². The molecule has 0 bridgehead atoms. The molecule has 1 atom stereocenters. The van der Waals surface area contributed by atoms with Crippen molar-refractivity contribution in [3.05, 3.63) is 41.5 Å². The number of hydrogen-bond acceptors (Lipinski definition) is 3. The summed E-state index contributed by atoms with van der Waals surface area (Å²) in [6.07, 6.45) is 4.80. The van der Waals surface area contributed by atoms with E-state index < -0.39 is 5.60 Å². The largest absolute Gasteiger partial charge is 0.443 e. The quantitative estimate of drug-likeness (QED) is 0.702. The molecular formula is C24H34N2O3. The van der Waals surface area contributed by atoms with Gasteiger partial charge in [-0.1, -0.05) is 31.2 Å². The minimum Gasteiger partial charge on any atom is -0.443 e. The standard InChI is InChI=1S/C24H34N2O3/c1-17-9-10-22(26(16-17)23(28)29-24(3,4)5)21-8-6-7-20(15-21)19-11-13-25(14-12-19)18(2)27/h6-8,10,15,17,19H,9,11-14,16H2,1-5H3. The maximum Gasteiger partial charge on any atom is 0.414 e. The summed E-state index contributed by atoms with van der Waals surface area (Å²) in [5, 5.41) is 0. The van der Waals surface area contributed by atoms with Gasteiger partial charge in [0, 0.05) is 26.6 Å². The first-order chi connectivity index (χ1) is 13.6. The zero-order chi connectivity index (χ0) is 21.2. The maximum atomic E-state index is 12.9. The molecule has 1 unspecified atom stereocenters. The highest BCUT2D eigenvalue weighted by atomic mass is 16.6. The van der Waals surface area contributed by atoms with Crippen LogP contribution in [0, 0.1) is 5.92 Å². The fourth-order valence-corrected chi connectivity index (χ4v) is 4.15. The van der Waals surface area contributed by atoms with E-state index in [0.717, 1.165) is 43.6 Å². The third-order valence-corrected chi connectivity index (χ3v) is 5.71. The third-order valence-electron chi connectivity index (χ3n) is 5.71. The molecule has 2 aliphatic rings. The second-order valence-corrected chi connectivity index (χ2v) is 9.43. The topological polar surface area (TPSA) is 49.9 Å². The SMILES string of the molecule is CC(=O)N1CCC(c2cccc(C3=CCC(C)CN3C(=O)OC(C)(C)C)c2)CC1. The van der Waals surface area contributed by atoms with Crippen LogP contribution in [0.15, 0.2) is 30.3 Å². The Kier molecular flexibility index (Phi) is 6.35. The number of nitrogens with zero attached hydrogens (tertiary/aromatic N) is 2. The van der Waals surface area contributed by atoms with E-state index in [4.69, 9.17) is 4.74 Å². The molecule has 2 aliphatic heterocycles. The van der Waals surface area contributed by atoms with Crippen LogP contribution in [0.5, 0.6) is 0 Å². The van der Waals surface area contributed by atoms with E-state index in [0.29, 0.717) is 18.4 Å². The molecule has 1 aromatic rings. The van der Waals surface area contributed by atoms with Crippen molar-refractivity contribution in [2.45, 2.75) is 65.4 Å². The third kappa shape index (κ3) is 5.40. The molecule has 2 amide bonds. The average molecular weight is 399 g/mol. The molecule has 3 rings (SSSR count). The van der Waals surface area contributed by atoms with Crippen LogP contribution in [0.3, 0.4) is 0 Å². The monoisotopic (exact) mass is 398 g/mol. The van der Waals surface area contributed by atoms with Gasteiger partial charge in [0.2, 0.25) is 5.91 Å². The minimum absolute atomic E-state index is 0.159. The fourth-order valence-electron chi connectivity index (χ4n) is 4.15. The van der Waals surface area contributed by atoms with E-state index in [-0.39, 0.29) is 12.0 Å². The van der Waals surface area contributed by atoms with Crippen LogP contribution in [0.25, 0.3) is 5.70 Å². The first-order valence-corrected chi connectivity index (χ1v) is 10.7. The van der Waals surface area contributed by atoms with Crippen LogP contribution in [0.1, 0.15) is 70.9 Å². The average Bonchev–Trinajstić information content (AvgIpc) is 2.67. The van der Waals surface area contributed by atoms with Gasteiger partial charge in [0.25, 0.3) is 0 Å². The highest BCUT2D eigenvalue weighted by Crippen LogP contribution is 2.33. The molecule has 2 heterocycles. The predicted octanol–water partition coefficient (Wildman–Crippen LogP) is 5.03. The van der Waals surface area contributed by atoms with Crippen molar-refractivity contribution in [2.75, 3.05) is 19.6 Å². The van der Waals surface area contributed by atoms with E-state index in [1.54, 1.807) is 11.8 Å².